The molecule has 0 aromatic heterocycles. The van der Waals surface area contributed by atoms with Gasteiger partial charge in [0.25, 0.3) is 0 Å². The molecule has 0 spiro atoms. The van der Waals surface area contributed by atoms with E-state index in [0.29, 0.717) is 5.75 Å². The SMILES string of the molecule is COP(=O)(Oc1ccccc1)OC12CC3CC(CC(C3)C1)C2. The van der Waals surface area contributed by atoms with Gasteiger partial charge in [0.15, 0.2) is 0 Å². The highest BCUT2D eigenvalue weighted by Crippen LogP contribution is 2.63. The number of hydrogen-bond donors (Lipinski definition) is 0. The van der Waals surface area contributed by atoms with Gasteiger partial charge in [-0.2, -0.15) is 0 Å². The van der Waals surface area contributed by atoms with Crippen molar-refractivity contribution in [3.05, 3.63) is 30.3 Å². The van der Waals surface area contributed by atoms with Crippen LogP contribution in [0.1, 0.15) is 38.5 Å². The van der Waals surface area contributed by atoms with E-state index in [4.69, 9.17) is 13.6 Å². The Morgan fingerprint density at radius 2 is 1.55 bits per heavy atom. The molecule has 5 rings (SSSR count). The Balaban J connectivity index is 1.54. The van der Waals surface area contributed by atoms with Crippen LogP contribution in [-0.2, 0) is 13.6 Å². The van der Waals surface area contributed by atoms with Crippen molar-refractivity contribution in [2.45, 2.75) is 44.1 Å². The number of para-hydroxylation sites is 1. The van der Waals surface area contributed by atoms with Gasteiger partial charge in [-0.05, 0) is 68.4 Å². The van der Waals surface area contributed by atoms with E-state index < -0.39 is 7.82 Å². The fourth-order valence-electron chi connectivity index (χ4n) is 5.08. The fraction of sp³-hybridized carbons (Fsp3) is 0.647. The highest BCUT2D eigenvalue weighted by molar-refractivity contribution is 7.49. The topological polar surface area (TPSA) is 44.8 Å². The molecule has 4 aliphatic carbocycles. The third-order valence-corrected chi connectivity index (χ3v) is 6.96. The largest absolute Gasteiger partial charge is 0.530 e. The van der Waals surface area contributed by atoms with Crippen molar-refractivity contribution >= 4 is 7.82 Å². The van der Waals surface area contributed by atoms with Crippen molar-refractivity contribution in [2.75, 3.05) is 7.11 Å². The van der Waals surface area contributed by atoms with Gasteiger partial charge >= 0.3 is 7.82 Å². The van der Waals surface area contributed by atoms with Crippen molar-refractivity contribution < 1.29 is 18.1 Å². The molecule has 5 heteroatoms. The number of phosphoric ester groups is 1. The Kier molecular flexibility index (Phi) is 3.60. The zero-order chi connectivity index (χ0) is 15.2. The molecule has 4 fully saturated rings. The number of hydrogen-bond acceptors (Lipinski definition) is 4. The molecule has 4 aliphatic rings. The molecule has 4 saturated carbocycles. The van der Waals surface area contributed by atoms with E-state index >= 15 is 0 Å². The molecule has 0 N–H and O–H groups in total. The molecule has 0 amide bonds. The van der Waals surface area contributed by atoms with Crippen LogP contribution in [-0.4, -0.2) is 12.7 Å². The van der Waals surface area contributed by atoms with Crippen molar-refractivity contribution in [1.82, 2.24) is 0 Å². The van der Waals surface area contributed by atoms with Crippen molar-refractivity contribution in [3.63, 3.8) is 0 Å². The van der Waals surface area contributed by atoms with Gasteiger partial charge in [0.05, 0.1) is 5.60 Å². The molecule has 0 aliphatic heterocycles. The molecular weight excluding hydrogens is 299 g/mol. The Morgan fingerprint density at radius 3 is 2.05 bits per heavy atom. The van der Waals surface area contributed by atoms with Crippen LogP contribution >= 0.6 is 7.82 Å². The van der Waals surface area contributed by atoms with Crippen LogP contribution in [0.3, 0.4) is 0 Å². The summed E-state index contributed by atoms with van der Waals surface area (Å²) >= 11 is 0. The van der Waals surface area contributed by atoms with E-state index in [2.05, 4.69) is 0 Å². The minimum atomic E-state index is -3.57. The maximum absolute atomic E-state index is 13.0. The molecule has 4 bridgehead atoms. The van der Waals surface area contributed by atoms with Crippen LogP contribution < -0.4 is 4.52 Å². The summed E-state index contributed by atoms with van der Waals surface area (Å²) in [4.78, 5) is 0. The molecule has 0 heterocycles. The van der Waals surface area contributed by atoms with Crippen LogP contribution in [0, 0.1) is 17.8 Å². The summed E-state index contributed by atoms with van der Waals surface area (Å²) in [5.41, 5.74) is -0.297. The van der Waals surface area contributed by atoms with Gasteiger partial charge in [-0.25, -0.2) is 4.57 Å². The first kappa shape index (κ1) is 14.7. The molecule has 120 valence electrons. The molecule has 0 saturated heterocycles. The second-order valence-corrected chi connectivity index (χ2v) is 8.85. The highest BCUT2D eigenvalue weighted by Gasteiger charge is 2.55. The van der Waals surface area contributed by atoms with Crippen molar-refractivity contribution in [1.29, 1.82) is 0 Å². The fourth-order valence-corrected chi connectivity index (χ4v) is 6.35. The minimum Gasteiger partial charge on any atom is -0.404 e. The van der Waals surface area contributed by atoms with E-state index in [-0.39, 0.29) is 5.60 Å². The molecular formula is C17H23O4P. The molecule has 0 radical (unpaired) electrons. The van der Waals surface area contributed by atoms with Crippen molar-refractivity contribution in [3.8, 4) is 5.75 Å². The third-order valence-electron chi connectivity index (χ3n) is 5.47. The quantitative estimate of drug-likeness (QED) is 0.730. The molecule has 22 heavy (non-hydrogen) atoms. The Labute approximate surface area is 131 Å². The normalized spacial score (nSPS) is 38.7. The smallest absolute Gasteiger partial charge is 0.404 e. The molecule has 1 aromatic carbocycles. The zero-order valence-electron chi connectivity index (χ0n) is 12.9. The zero-order valence-corrected chi connectivity index (χ0v) is 13.8. The Bertz CT molecular complexity index is 550. The van der Waals surface area contributed by atoms with E-state index in [1.54, 1.807) is 12.1 Å². The number of rotatable bonds is 5. The lowest BCUT2D eigenvalue weighted by molar-refractivity contribution is -0.117. The molecule has 1 unspecified atom stereocenters. The summed E-state index contributed by atoms with van der Waals surface area (Å²) in [6.45, 7) is 0. The monoisotopic (exact) mass is 322 g/mol. The minimum absolute atomic E-state index is 0.297. The van der Waals surface area contributed by atoms with E-state index in [0.717, 1.165) is 37.0 Å². The summed E-state index contributed by atoms with van der Waals surface area (Å²) in [5.74, 6) is 2.72. The summed E-state index contributed by atoms with van der Waals surface area (Å²) < 4.78 is 29.9. The lowest BCUT2D eigenvalue weighted by Crippen LogP contribution is -2.51. The van der Waals surface area contributed by atoms with Gasteiger partial charge in [-0.1, -0.05) is 18.2 Å². The summed E-state index contributed by atoms with van der Waals surface area (Å²) in [5, 5.41) is 0. The molecule has 1 aromatic rings. The second-order valence-electron chi connectivity index (χ2n) is 7.23. The molecule has 4 nitrogen and oxygen atoms in total. The first-order valence-electron chi connectivity index (χ1n) is 8.19. The second kappa shape index (κ2) is 5.36. The lowest BCUT2D eigenvalue weighted by atomic mass is 9.54. The van der Waals surface area contributed by atoms with Crippen LogP contribution in [0.2, 0.25) is 0 Å². The Morgan fingerprint density at radius 1 is 1.00 bits per heavy atom. The van der Waals surface area contributed by atoms with Crippen LogP contribution in [0.15, 0.2) is 30.3 Å². The van der Waals surface area contributed by atoms with Crippen LogP contribution in [0.25, 0.3) is 0 Å². The Hall–Kier alpha value is -0.830. The van der Waals surface area contributed by atoms with Crippen LogP contribution in [0.5, 0.6) is 5.75 Å². The lowest BCUT2D eigenvalue weighted by Gasteiger charge is -2.56. The predicted octanol–water partition coefficient (Wildman–Crippen LogP) is 4.81. The van der Waals surface area contributed by atoms with Gasteiger partial charge in [0.2, 0.25) is 0 Å². The van der Waals surface area contributed by atoms with Crippen molar-refractivity contribution in [2.24, 2.45) is 17.8 Å². The first-order chi connectivity index (χ1) is 10.6. The van der Waals surface area contributed by atoms with Gasteiger partial charge in [-0.15, -0.1) is 0 Å². The van der Waals surface area contributed by atoms with Crippen LogP contribution in [0.4, 0.5) is 0 Å². The van der Waals surface area contributed by atoms with E-state index in [9.17, 15) is 4.57 Å². The first-order valence-corrected chi connectivity index (χ1v) is 9.65. The predicted molar refractivity (Wildman–Crippen MR) is 83.7 cm³/mol. The van der Waals surface area contributed by atoms with Gasteiger partial charge < -0.3 is 4.52 Å². The number of phosphoric acid groups is 1. The van der Waals surface area contributed by atoms with Gasteiger partial charge in [0, 0.05) is 7.11 Å². The van der Waals surface area contributed by atoms with E-state index in [1.165, 1.54) is 26.4 Å². The standard InChI is InChI=1S/C17H23O4P/c1-19-22(18,20-16-5-3-2-4-6-16)21-17-10-13-7-14(11-17)9-15(8-13)12-17/h2-6,13-15H,7-12H2,1H3. The van der Waals surface area contributed by atoms with Gasteiger partial charge in [-0.3, -0.25) is 9.05 Å². The number of benzene rings is 1. The average molecular weight is 322 g/mol. The third kappa shape index (κ3) is 2.73. The summed E-state index contributed by atoms with van der Waals surface area (Å²) in [6, 6.07) is 9.13. The summed E-state index contributed by atoms with van der Waals surface area (Å²) in [6.07, 6.45) is 6.97. The van der Waals surface area contributed by atoms with Gasteiger partial charge in [0.1, 0.15) is 5.75 Å². The maximum atomic E-state index is 13.0. The molecule has 1 atom stereocenters. The highest BCUT2D eigenvalue weighted by atomic mass is 31.2. The average Bonchev–Trinajstić information content (AvgIpc) is 2.46. The maximum Gasteiger partial charge on any atom is 0.530 e. The van der Waals surface area contributed by atoms with E-state index in [1.807, 2.05) is 18.2 Å². The summed E-state index contributed by atoms with van der Waals surface area (Å²) in [7, 11) is -2.16.